The molecule has 1 amide bonds. The molecule has 3 aliphatic rings. The van der Waals surface area contributed by atoms with E-state index in [9.17, 15) is 18.0 Å². The number of piperidine rings is 1. The summed E-state index contributed by atoms with van der Waals surface area (Å²) in [5.74, 6) is -3.15. The fourth-order valence-electron chi connectivity index (χ4n) is 5.10. The van der Waals surface area contributed by atoms with Crippen LogP contribution in [0.25, 0.3) is 0 Å². The number of aromatic nitrogens is 1. The molecule has 0 spiro atoms. The Bertz CT molecular complexity index is 1110. The van der Waals surface area contributed by atoms with Gasteiger partial charge < -0.3 is 23.8 Å². The molecule has 10 heteroatoms. The van der Waals surface area contributed by atoms with E-state index in [1.807, 2.05) is 0 Å². The van der Waals surface area contributed by atoms with Crippen molar-refractivity contribution in [2.75, 3.05) is 27.0 Å². The zero-order valence-electron chi connectivity index (χ0n) is 19.5. The Morgan fingerprint density at radius 3 is 2.77 bits per heavy atom. The van der Waals surface area contributed by atoms with Gasteiger partial charge in [0.2, 0.25) is 5.92 Å². The van der Waals surface area contributed by atoms with Crippen LogP contribution in [0.5, 0.6) is 11.6 Å². The Hall–Kier alpha value is -2.85. The standard InChI is InChI=1S/C25H27F3N2O5/c1-15(16-11-24(27,28)12-16)35-20-7-6-19(29-22(20)32-2)23(31)30-9-8-25(21(13-30)33-14-34-25)17-4-3-5-18(26)10-17/h3-7,10,15-16,21H,8-9,11-14H2,1-2H3/t15?,21-,25-/m1/s1. The number of nitrogens with zero attached hydrogens (tertiary/aromatic N) is 2. The summed E-state index contributed by atoms with van der Waals surface area (Å²) in [6.07, 6.45) is -0.870. The number of amides is 1. The highest BCUT2D eigenvalue weighted by Gasteiger charge is 2.51. The maximum atomic E-state index is 13.9. The normalized spacial score (nSPS) is 26.5. The van der Waals surface area contributed by atoms with Crippen molar-refractivity contribution in [3.05, 3.63) is 53.5 Å². The Kier molecular flexibility index (Phi) is 6.13. The first kappa shape index (κ1) is 23.9. The van der Waals surface area contributed by atoms with Crippen molar-refractivity contribution >= 4 is 5.91 Å². The predicted octanol–water partition coefficient (Wildman–Crippen LogP) is 4.16. The lowest BCUT2D eigenvalue weighted by molar-refractivity contribution is -0.134. The number of hydrogen-bond acceptors (Lipinski definition) is 6. The Morgan fingerprint density at radius 2 is 2.06 bits per heavy atom. The predicted molar refractivity (Wildman–Crippen MR) is 118 cm³/mol. The van der Waals surface area contributed by atoms with E-state index in [1.54, 1.807) is 30.0 Å². The molecule has 188 valence electrons. The van der Waals surface area contributed by atoms with Crippen LogP contribution in [-0.2, 0) is 15.1 Å². The van der Waals surface area contributed by atoms with E-state index in [1.165, 1.54) is 25.3 Å². The Balaban J connectivity index is 1.28. The fourth-order valence-corrected chi connectivity index (χ4v) is 5.10. The minimum atomic E-state index is -2.63. The van der Waals surface area contributed by atoms with Crippen molar-refractivity contribution in [2.45, 2.75) is 49.9 Å². The molecule has 1 unspecified atom stereocenters. The minimum absolute atomic E-state index is 0.0619. The van der Waals surface area contributed by atoms with E-state index >= 15 is 0 Å². The lowest BCUT2D eigenvalue weighted by Gasteiger charge is -2.41. The Morgan fingerprint density at radius 1 is 1.26 bits per heavy atom. The largest absolute Gasteiger partial charge is 0.485 e. The molecule has 2 aromatic rings. The molecule has 0 bridgehead atoms. The van der Waals surface area contributed by atoms with Crippen LogP contribution >= 0.6 is 0 Å². The number of alkyl halides is 2. The number of rotatable bonds is 6. The number of benzene rings is 1. The molecule has 35 heavy (non-hydrogen) atoms. The number of halogens is 3. The number of likely N-dealkylation sites (tertiary alicyclic amines) is 1. The molecule has 0 N–H and O–H groups in total. The summed E-state index contributed by atoms with van der Waals surface area (Å²) >= 11 is 0. The first-order valence-electron chi connectivity index (χ1n) is 11.6. The minimum Gasteiger partial charge on any atom is -0.485 e. The maximum Gasteiger partial charge on any atom is 0.272 e. The average Bonchev–Trinajstić information content (AvgIpc) is 3.26. The quantitative estimate of drug-likeness (QED) is 0.604. The van der Waals surface area contributed by atoms with Crippen LogP contribution < -0.4 is 9.47 Å². The topological polar surface area (TPSA) is 70.1 Å². The Labute approximate surface area is 201 Å². The van der Waals surface area contributed by atoms with Crippen LogP contribution in [0.4, 0.5) is 13.2 Å². The lowest BCUT2D eigenvalue weighted by atomic mass is 9.78. The van der Waals surface area contributed by atoms with Crippen LogP contribution in [0.2, 0.25) is 0 Å². The first-order chi connectivity index (χ1) is 16.7. The summed E-state index contributed by atoms with van der Waals surface area (Å²) in [5, 5.41) is 0. The van der Waals surface area contributed by atoms with Crippen LogP contribution in [0.15, 0.2) is 36.4 Å². The van der Waals surface area contributed by atoms with Gasteiger partial charge in [0.05, 0.1) is 19.8 Å². The molecule has 7 nitrogen and oxygen atoms in total. The van der Waals surface area contributed by atoms with Crippen molar-refractivity contribution in [1.29, 1.82) is 0 Å². The number of hydrogen-bond donors (Lipinski definition) is 0. The molecule has 2 aliphatic heterocycles. The smallest absolute Gasteiger partial charge is 0.272 e. The average molecular weight is 492 g/mol. The summed E-state index contributed by atoms with van der Waals surface area (Å²) in [5.41, 5.74) is 0.0387. The van der Waals surface area contributed by atoms with E-state index in [-0.39, 0.29) is 55.4 Å². The van der Waals surface area contributed by atoms with Gasteiger partial charge in [-0.15, -0.1) is 0 Å². The number of fused-ring (bicyclic) bond motifs is 1. The molecule has 3 heterocycles. The molecule has 0 radical (unpaired) electrons. The fraction of sp³-hybridized carbons (Fsp3) is 0.520. The van der Waals surface area contributed by atoms with Crippen LogP contribution in [0, 0.1) is 11.7 Å². The molecule has 2 saturated heterocycles. The van der Waals surface area contributed by atoms with Crippen LogP contribution in [0.3, 0.4) is 0 Å². The first-order valence-corrected chi connectivity index (χ1v) is 11.6. The van der Waals surface area contributed by atoms with Gasteiger partial charge in [-0.2, -0.15) is 0 Å². The molecule has 1 aromatic carbocycles. The molecular weight excluding hydrogens is 465 g/mol. The summed E-state index contributed by atoms with van der Waals surface area (Å²) < 4.78 is 63.1. The summed E-state index contributed by atoms with van der Waals surface area (Å²) in [6.45, 7) is 2.42. The van der Waals surface area contributed by atoms with Crippen LogP contribution in [0.1, 0.15) is 42.2 Å². The zero-order chi connectivity index (χ0) is 24.8. The van der Waals surface area contributed by atoms with E-state index in [0.29, 0.717) is 24.3 Å². The SMILES string of the molecule is COc1nc(C(=O)N2CC[C@]3(c4cccc(F)c4)OCO[C@@H]3C2)ccc1OC(C)C1CC(F)(F)C1. The maximum absolute atomic E-state index is 13.9. The van der Waals surface area contributed by atoms with E-state index in [0.717, 1.165) is 0 Å². The van der Waals surface area contributed by atoms with E-state index in [4.69, 9.17) is 18.9 Å². The monoisotopic (exact) mass is 492 g/mol. The van der Waals surface area contributed by atoms with Gasteiger partial charge in [0.25, 0.3) is 11.8 Å². The number of carbonyl (C=O) groups is 1. The van der Waals surface area contributed by atoms with Gasteiger partial charge in [0.1, 0.15) is 30.0 Å². The summed E-state index contributed by atoms with van der Waals surface area (Å²) in [4.78, 5) is 19.2. The van der Waals surface area contributed by atoms with Gasteiger partial charge in [-0.3, -0.25) is 4.79 Å². The summed E-state index contributed by atoms with van der Waals surface area (Å²) in [7, 11) is 1.41. The highest BCUT2D eigenvalue weighted by atomic mass is 19.3. The van der Waals surface area contributed by atoms with Gasteiger partial charge in [0.15, 0.2) is 5.75 Å². The molecule has 1 saturated carbocycles. The number of carbonyl (C=O) groups excluding carboxylic acids is 1. The van der Waals surface area contributed by atoms with Gasteiger partial charge in [-0.25, -0.2) is 18.2 Å². The summed E-state index contributed by atoms with van der Waals surface area (Å²) in [6, 6.07) is 9.35. The number of pyridine rings is 1. The van der Waals surface area contributed by atoms with Crippen molar-refractivity contribution in [3.63, 3.8) is 0 Å². The second kappa shape index (κ2) is 8.98. The highest BCUT2D eigenvalue weighted by molar-refractivity contribution is 5.92. The molecule has 1 aromatic heterocycles. The third-order valence-electron chi connectivity index (χ3n) is 7.18. The van der Waals surface area contributed by atoms with Gasteiger partial charge >= 0.3 is 0 Å². The van der Waals surface area contributed by atoms with Crippen molar-refractivity contribution in [2.24, 2.45) is 5.92 Å². The number of ether oxygens (including phenoxy) is 4. The van der Waals surface area contributed by atoms with Gasteiger partial charge in [0, 0.05) is 31.7 Å². The van der Waals surface area contributed by atoms with Crippen LogP contribution in [-0.4, -0.2) is 60.9 Å². The second-order valence-corrected chi connectivity index (χ2v) is 9.37. The lowest BCUT2D eigenvalue weighted by Crippen LogP contribution is -2.53. The van der Waals surface area contributed by atoms with Crippen molar-refractivity contribution in [1.82, 2.24) is 9.88 Å². The molecule has 3 atom stereocenters. The molecule has 1 aliphatic carbocycles. The third-order valence-corrected chi connectivity index (χ3v) is 7.18. The molecule has 3 fully saturated rings. The van der Waals surface area contributed by atoms with Crippen molar-refractivity contribution < 1.29 is 36.9 Å². The molecular formula is C25H27F3N2O5. The zero-order valence-corrected chi connectivity index (χ0v) is 19.5. The highest BCUT2D eigenvalue weighted by Crippen LogP contribution is 2.45. The van der Waals surface area contributed by atoms with E-state index in [2.05, 4.69) is 4.98 Å². The molecule has 5 rings (SSSR count). The second-order valence-electron chi connectivity index (χ2n) is 9.37. The van der Waals surface area contributed by atoms with Gasteiger partial charge in [-0.05, 0) is 36.8 Å². The number of methoxy groups -OCH3 is 1. The van der Waals surface area contributed by atoms with Gasteiger partial charge in [-0.1, -0.05) is 12.1 Å². The van der Waals surface area contributed by atoms with E-state index < -0.39 is 23.7 Å². The van der Waals surface area contributed by atoms with Crippen molar-refractivity contribution in [3.8, 4) is 11.6 Å². The third kappa shape index (κ3) is 4.45.